The first-order valence-electron chi connectivity index (χ1n) is 11.4. The number of ether oxygens (including phenoxy) is 2. The molecule has 1 aliphatic heterocycles. The standard InChI is InChI=1S/C24H25F3N6O4/c1-14(2)33-13-28-31-21(33)18-5-4-6-20(29-18)30-22(34)17-9-16-11-32(23(35)37-12-24(25,26)27)8-7-15(16)10-19(17)36-3/h4-6,9-10,13-14H,7-8,11-12H2,1-3H3,(H,29,30,34). The van der Waals surface area contributed by atoms with E-state index in [2.05, 4.69) is 25.2 Å². The Kier molecular flexibility index (Phi) is 7.32. The predicted octanol–water partition coefficient (Wildman–Crippen LogP) is 4.24. The monoisotopic (exact) mass is 518 g/mol. The van der Waals surface area contributed by atoms with Crippen molar-refractivity contribution in [3.05, 3.63) is 53.3 Å². The van der Waals surface area contributed by atoms with Crippen molar-refractivity contribution in [2.24, 2.45) is 0 Å². The number of carbonyl (C=O) groups is 2. The molecule has 1 N–H and O–H groups in total. The first-order valence-corrected chi connectivity index (χ1v) is 11.4. The third-order valence-electron chi connectivity index (χ3n) is 5.75. The highest BCUT2D eigenvalue weighted by Crippen LogP contribution is 2.29. The van der Waals surface area contributed by atoms with E-state index in [4.69, 9.17) is 4.74 Å². The van der Waals surface area contributed by atoms with Crippen LogP contribution in [0.5, 0.6) is 5.75 Å². The topological polar surface area (TPSA) is 111 Å². The number of aromatic nitrogens is 4. The Bertz CT molecular complexity index is 1310. The summed E-state index contributed by atoms with van der Waals surface area (Å²) in [6.07, 6.45) is -3.71. The average molecular weight is 518 g/mol. The Balaban J connectivity index is 1.54. The van der Waals surface area contributed by atoms with Crippen LogP contribution in [0.4, 0.5) is 23.8 Å². The van der Waals surface area contributed by atoms with Gasteiger partial charge in [-0.1, -0.05) is 6.07 Å². The van der Waals surface area contributed by atoms with Crippen molar-refractivity contribution < 1.29 is 32.2 Å². The zero-order valence-electron chi connectivity index (χ0n) is 20.4. The first-order chi connectivity index (χ1) is 17.6. The highest BCUT2D eigenvalue weighted by atomic mass is 19.4. The van der Waals surface area contributed by atoms with Gasteiger partial charge in [-0.3, -0.25) is 4.79 Å². The molecule has 1 aromatic carbocycles. The summed E-state index contributed by atoms with van der Waals surface area (Å²) in [6.45, 7) is 2.48. The van der Waals surface area contributed by atoms with Crippen LogP contribution in [0.2, 0.25) is 0 Å². The number of hydrogen-bond donors (Lipinski definition) is 1. The molecule has 0 fully saturated rings. The van der Waals surface area contributed by atoms with Gasteiger partial charge in [-0.05, 0) is 55.7 Å². The third-order valence-corrected chi connectivity index (χ3v) is 5.75. The smallest absolute Gasteiger partial charge is 0.422 e. The minimum atomic E-state index is -4.61. The van der Waals surface area contributed by atoms with E-state index in [0.29, 0.717) is 29.3 Å². The van der Waals surface area contributed by atoms with Crippen LogP contribution in [0.15, 0.2) is 36.7 Å². The number of amides is 2. The van der Waals surface area contributed by atoms with Gasteiger partial charge < -0.3 is 24.3 Å². The van der Waals surface area contributed by atoms with Crippen LogP contribution in [0.25, 0.3) is 11.5 Å². The molecule has 1 aliphatic rings. The summed E-state index contributed by atoms with van der Waals surface area (Å²) in [5, 5.41) is 10.8. The van der Waals surface area contributed by atoms with Gasteiger partial charge in [-0.15, -0.1) is 10.2 Å². The van der Waals surface area contributed by atoms with Crippen LogP contribution in [0, 0.1) is 0 Å². The molecule has 0 saturated heterocycles. The molecule has 0 spiro atoms. The van der Waals surface area contributed by atoms with E-state index in [9.17, 15) is 22.8 Å². The summed E-state index contributed by atoms with van der Waals surface area (Å²) in [4.78, 5) is 30.9. The lowest BCUT2D eigenvalue weighted by molar-refractivity contribution is -0.162. The average Bonchev–Trinajstić information content (AvgIpc) is 3.36. The van der Waals surface area contributed by atoms with E-state index in [1.165, 1.54) is 7.11 Å². The lowest BCUT2D eigenvalue weighted by Gasteiger charge is -2.29. The van der Waals surface area contributed by atoms with E-state index in [1.807, 2.05) is 18.4 Å². The van der Waals surface area contributed by atoms with E-state index in [0.717, 1.165) is 10.5 Å². The van der Waals surface area contributed by atoms with Gasteiger partial charge in [0.1, 0.15) is 23.6 Å². The first kappa shape index (κ1) is 25.9. The Labute approximate surface area is 210 Å². The second kappa shape index (κ2) is 10.4. The highest BCUT2D eigenvalue weighted by Gasteiger charge is 2.32. The van der Waals surface area contributed by atoms with Crippen molar-refractivity contribution in [2.45, 2.75) is 39.0 Å². The molecular weight excluding hydrogens is 493 g/mol. The summed E-state index contributed by atoms with van der Waals surface area (Å²) >= 11 is 0. The SMILES string of the molecule is COc1cc2c(cc1C(=O)Nc1cccc(-c3nncn3C(C)C)n1)CN(C(=O)OCC(F)(F)F)CC2. The lowest BCUT2D eigenvalue weighted by atomic mass is 9.96. The van der Waals surface area contributed by atoms with Crippen molar-refractivity contribution in [1.82, 2.24) is 24.6 Å². The van der Waals surface area contributed by atoms with E-state index in [1.54, 1.807) is 36.7 Å². The molecule has 2 amide bonds. The van der Waals surface area contributed by atoms with Gasteiger partial charge in [0.25, 0.3) is 5.91 Å². The van der Waals surface area contributed by atoms with Crippen molar-refractivity contribution in [2.75, 3.05) is 25.6 Å². The fourth-order valence-electron chi connectivity index (χ4n) is 3.94. The van der Waals surface area contributed by atoms with Gasteiger partial charge in [0.05, 0.1) is 12.7 Å². The second-order valence-electron chi connectivity index (χ2n) is 8.68. The molecule has 0 unspecified atom stereocenters. The van der Waals surface area contributed by atoms with Crippen LogP contribution in [-0.4, -0.2) is 63.1 Å². The molecule has 3 aromatic rings. The summed E-state index contributed by atoms with van der Waals surface area (Å²) in [7, 11) is 1.43. The Morgan fingerprint density at radius 3 is 2.68 bits per heavy atom. The number of carbonyl (C=O) groups excluding carboxylic acids is 2. The summed E-state index contributed by atoms with van der Waals surface area (Å²) in [5.74, 6) is 0.638. The van der Waals surface area contributed by atoms with Crippen LogP contribution in [0.3, 0.4) is 0 Å². The van der Waals surface area contributed by atoms with E-state index in [-0.39, 0.29) is 30.5 Å². The molecular formula is C24H25F3N6O4. The molecule has 0 bridgehead atoms. The lowest BCUT2D eigenvalue weighted by Crippen LogP contribution is -2.38. The number of halogens is 3. The van der Waals surface area contributed by atoms with Crippen LogP contribution >= 0.6 is 0 Å². The maximum atomic E-state index is 13.2. The van der Waals surface area contributed by atoms with Crippen LogP contribution < -0.4 is 10.1 Å². The molecule has 10 nitrogen and oxygen atoms in total. The number of nitrogens with zero attached hydrogens (tertiary/aromatic N) is 5. The van der Waals surface area contributed by atoms with Gasteiger partial charge in [-0.25, -0.2) is 9.78 Å². The minimum Gasteiger partial charge on any atom is -0.496 e. The Morgan fingerprint density at radius 1 is 1.19 bits per heavy atom. The number of rotatable bonds is 6. The van der Waals surface area contributed by atoms with E-state index >= 15 is 0 Å². The molecule has 0 aliphatic carbocycles. The molecule has 2 aromatic heterocycles. The van der Waals surface area contributed by atoms with Gasteiger partial charge >= 0.3 is 12.3 Å². The molecule has 3 heterocycles. The van der Waals surface area contributed by atoms with Gasteiger partial charge in [0.15, 0.2) is 12.4 Å². The molecule has 0 saturated carbocycles. The normalized spacial score (nSPS) is 13.3. The highest BCUT2D eigenvalue weighted by molar-refractivity contribution is 6.06. The Hall–Kier alpha value is -4.16. The molecule has 0 radical (unpaired) electrons. The Morgan fingerprint density at radius 2 is 1.97 bits per heavy atom. The maximum absolute atomic E-state index is 13.2. The number of pyridine rings is 1. The minimum absolute atomic E-state index is 0.00507. The van der Waals surface area contributed by atoms with Crippen molar-refractivity contribution >= 4 is 17.8 Å². The largest absolute Gasteiger partial charge is 0.496 e. The van der Waals surface area contributed by atoms with Crippen molar-refractivity contribution in [3.63, 3.8) is 0 Å². The molecule has 13 heteroatoms. The van der Waals surface area contributed by atoms with Crippen LogP contribution in [-0.2, 0) is 17.7 Å². The number of methoxy groups -OCH3 is 1. The number of benzene rings is 1. The zero-order valence-corrected chi connectivity index (χ0v) is 20.4. The fourth-order valence-corrected chi connectivity index (χ4v) is 3.94. The number of anilines is 1. The number of hydrogen-bond acceptors (Lipinski definition) is 7. The predicted molar refractivity (Wildman–Crippen MR) is 126 cm³/mol. The molecule has 4 rings (SSSR count). The quantitative estimate of drug-likeness (QED) is 0.520. The second-order valence-corrected chi connectivity index (χ2v) is 8.68. The van der Waals surface area contributed by atoms with Crippen LogP contribution in [0.1, 0.15) is 41.4 Å². The molecule has 37 heavy (non-hydrogen) atoms. The third kappa shape index (κ3) is 5.98. The maximum Gasteiger partial charge on any atom is 0.422 e. The summed E-state index contributed by atoms with van der Waals surface area (Å²) < 4.78 is 48.9. The van der Waals surface area contributed by atoms with Gasteiger partial charge in [-0.2, -0.15) is 13.2 Å². The summed E-state index contributed by atoms with van der Waals surface area (Å²) in [5.41, 5.74) is 2.13. The van der Waals surface area contributed by atoms with E-state index < -0.39 is 24.8 Å². The number of fused-ring (bicyclic) bond motifs is 1. The van der Waals surface area contributed by atoms with Gasteiger partial charge in [0, 0.05) is 19.1 Å². The summed E-state index contributed by atoms with van der Waals surface area (Å²) in [6, 6.07) is 8.47. The number of alkyl halides is 3. The molecule has 196 valence electrons. The zero-order chi connectivity index (χ0) is 26.7. The molecule has 0 atom stereocenters. The van der Waals surface area contributed by atoms with Crippen molar-refractivity contribution in [3.8, 4) is 17.3 Å². The fraction of sp³-hybridized carbons (Fsp3) is 0.375. The van der Waals surface area contributed by atoms with Gasteiger partial charge in [0.2, 0.25) is 0 Å². The number of nitrogens with one attached hydrogen (secondary N) is 1. The van der Waals surface area contributed by atoms with Crippen molar-refractivity contribution in [1.29, 1.82) is 0 Å².